The number of halogens is 3. The van der Waals surface area contributed by atoms with E-state index in [1.54, 1.807) is 36.9 Å². The zero-order valence-electron chi connectivity index (χ0n) is 17.4. The Morgan fingerprint density at radius 3 is 2.33 bits per heavy atom. The number of aromatic nitrogens is 3. The lowest BCUT2D eigenvalue weighted by atomic mass is 10.0. The van der Waals surface area contributed by atoms with Crippen LogP contribution in [-0.2, 0) is 14.3 Å². The number of hydrogen-bond acceptors (Lipinski definition) is 8. The predicted molar refractivity (Wildman–Crippen MR) is 108 cm³/mol. The lowest BCUT2D eigenvalue weighted by Crippen LogP contribution is -2.60. The van der Waals surface area contributed by atoms with Crippen LogP contribution in [0, 0.1) is 0 Å². The highest BCUT2D eigenvalue weighted by atomic mass is 19.4. The molecule has 10 nitrogen and oxygen atoms in total. The fourth-order valence-corrected chi connectivity index (χ4v) is 3.46. The number of aliphatic carboxylic acids is 1. The molecule has 2 saturated heterocycles. The van der Waals surface area contributed by atoms with E-state index in [0.717, 1.165) is 12.2 Å². The number of ether oxygens (including phenoxy) is 2. The molecule has 2 aliphatic rings. The molecular formula is C20H22F3N5O5. The topological polar surface area (TPSA) is 118 Å². The first-order chi connectivity index (χ1) is 15.7. The highest BCUT2D eigenvalue weighted by molar-refractivity contribution is 5.94. The largest absolute Gasteiger partial charge is 0.490 e. The van der Waals surface area contributed by atoms with Gasteiger partial charge in [-0.25, -0.2) is 14.8 Å². The van der Waals surface area contributed by atoms with Crippen molar-refractivity contribution in [2.24, 2.45) is 0 Å². The Balaban J connectivity index is 0.000000383. The van der Waals surface area contributed by atoms with E-state index in [2.05, 4.69) is 19.9 Å². The molecule has 178 valence electrons. The van der Waals surface area contributed by atoms with Crippen molar-refractivity contribution in [2.75, 3.05) is 50.9 Å². The third-order valence-electron chi connectivity index (χ3n) is 4.97. The van der Waals surface area contributed by atoms with Crippen molar-refractivity contribution in [1.29, 1.82) is 0 Å². The van der Waals surface area contributed by atoms with E-state index >= 15 is 0 Å². The molecule has 0 bridgehead atoms. The Hall–Kier alpha value is -3.32. The van der Waals surface area contributed by atoms with Gasteiger partial charge in [0.15, 0.2) is 0 Å². The highest BCUT2D eigenvalue weighted by Gasteiger charge is 2.42. The van der Waals surface area contributed by atoms with Gasteiger partial charge in [0.1, 0.15) is 11.9 Å². The van der Waals surface area contributed by atoms with Crippen LogP contribution in [0.25, 0.3) is 0 Å². The van der Waals surface area contributed by atoms with Crippen LogP contribution in [0.4, 0.5) is 18.9 Å². The van der Waals surface area contributed by atoms with Gasteiger partial charge in [-0.05, 0) is 12.1 Å². The number of nitrogens with zero attached hydrogens (tertiary/aromatic N) is 5. The van der Waals surface area contributed by atoms with Gasteiger partial charge in [-0.2, -0.15) is 13.2 Å². The van der Waals surface area contributed by atoms with Crippen molar-refractivity contribution in [1.82, 2.24) is 19.9 Å². The molecule has 0 radical (unpaired) electrons. The minimum atomic E-state index is -5.08. The molecule has 2 aliphatic heterocycles. The normalized spacial score (nSPS) is 21.1. The average Bonchev–Trinajstić information content (AvgIpc) is 3.02. The maximum Gasteiger partial charge on any atom is 0.490 e. The Morgan fingerprint density at radius 2 is 1.70 bits per heavy atom. The second-order valence-corrected chi connectivity index (χ2v) is 7.37. The summed E-state index contributed by atoms with van der Waals surface area (Å²) in [6.45, 7) is 3.95. The molecule has 1 amide bonds. The van der Waals surface area contributed by atoms with Gasteiger partial charge < -0.3 is 24.4 Å². The fourth-order valence-electron chi connectivity index (χ4n) is 3.46. The number of hydrogen-bond donors (Lipinski definition) is 1. The van der Waals surface area contributed by atoms with Crippen molar-refractivity contribution in [2.45, 2.75) is 11.8 Å². The van der Waals surface area contributed by atoms with Crippen LogP contribution in [0.5, 0.6) is 0 Å². The maximum absolute atomic E-state index is 12.8. The van der Waals surface area contributed by atoms with E-state index in [4.69, 9.17) is 19.4 Å². The van der Waals surface area contributed by atoms with Crippen LogP contribution in [-0.4, -0.2) is 94.6 Å². The van der Waals surface area contributed by atoms with Gasteiger partial charge in [0.25, 0.3) is 5.91 Å². The van der Waals surface area contributed by atoms with Crippen molar-refractivity contribution in [3.8, 4) is 0 Å². The van der Waals surface area contributed by atoms with E-state index in [1.165, 1.54) is 6.33 Å². The van der Waals surface area contributed by atoms with Gasteiger partial charge in [-0.3, -0.25) is 9.78 Å². The summed E-state index contributed by atoms with van der Waals surface area (Å²) in [5.74, 6) is -2.76. The van der Waals surface area contributed by atoms with Crippen LogP contribution < -0.4 is 4.90 Å². The van der Waals surface area contributed by atoms with E-state index in [1.807, 2.05) is 4.90 Å². The summed E-state index contributed by atoms with van der Waals surface area (Å²) in [7, 11) is 0. The molecule has 1 N–H and O–H groups in total. The maximum atomic E-state index is 12.8. The summed E-state index contributed by atoms with van der Waals surface area (Å²) >= 11 is 0. The summed E-state index contributed by atoms with van der Waals surface area (Å²) in [4.78, 5) is 37.9. The molecule has 2 aromatic rings. The Labute approximate surface area is 187 Å². The Kier molecular flexibility index (Phi) is 7.76. The molecule has 0 saturated carbocycles. The summed E-state index contributed by atoms with van der Waals surface area (Å²) in [5, 5.41) is 7.12. The summed E-state index contributed by atoms with van der Waals surface area (Å²) in [6.07, 6.45) is 3.27. The summed E-state index contributed by atoms with van der Waals surface area (Å²) in [5.41, 5.74) is 1.01. The number of carbonyl (C=O) groups is 2. The lowest BCUT2D eigenvalue weighted by molar-refractivity contribution is -0.192. The molecule has 0 aliphatic carbocycles. The molecule has 1 unspecified atom stereocenters. The number of carboxylic acid groups (broad SMARTS) is 1. The lowest BCUT2D eigenvalue weighted by Gasteiger charge is -2.43. The van der Waals surface area contributed by atoms with Crippen molar-refractivity contribution in [3.63, 3.8) is 0 Å². The number of anilines is 1. The first-order valence-corrected chi connectivity index (χ1v) is 9.91. The monoisotopic (exact) mass is 469 g/mol. The molecule has 13 heteroatoms. The minimum absolute atomic E-state index is 0.00563. The van der Waals surface area contributed by atoms with Gasteiger partial charge in [0.2, 0.25) is 0 Å². The molecular weight excluding hydrogens is 447 g/mol. The molecule has 4 rings (SSSR count). The van der Waals surface area contributed by atoms with E-state index in [0.29, 0.717) is 45.0 Å². The third kappa shape index (κ3) is 6.58. The number of pyridine rings is 1. The number of alkyl halides is 3. The minimum Gasteiger partial charge on any atom is -0.475 e. The molecule has 1 atom stereocenters. The first-order valence-electron chi connectivity index (χ1n) is 9.91. The number of amides is 1. The SMILES string of the molecule is O=C(O)C(F)(F)F.O=C(c1ccncc1)N1CCOC2(COCCN(c3cncnc3)C2)C1. The van der Waals surface area contributed by atoms with Gasteiger partial charge in [0.05, 0.1) is 51.0 Å². The number of carboxylic acids is 1. The average molecular weight is 469 g/mol. The smallest absolute Gasteiger partial charge is 0.475 e. The number of rotatable bonds is 2. The van der Waals surface area contributed by atoms with E-state index in [-0.39, 0.29) is 5.91 Å². The second-order valence-electron chi connectivity index (χ2n) is 7.37. The highest BCUT2D eigenvalue weighted by Crippen LogP contribution is 2.26. The molecule has 0 aromatic carbocycles. The number of carbonyl (C=O) groups excluding carboxylic acids is 1. The molecule has 2 aromatic heterocycles. The van der Waals surface area contributed by atoms with Crippen LogP contribution in [0.15, 0.2) is 43.2 Å². The van der Waals surface area contributed by atoms with E-state index in [9.17, 15) is 18.0 Å². The number of morpholine rings is 1. The second kappa shape index (κ2) is 10.5. The summed E-state index contributed by atoms with van der Waals surface area (Å²) < 4.78 is 43.7. The fraction of sp³-hybridized carbons (Fsp3) is 0.450. The van der Waals surface area contributed by atoms with Crippen molar-refractivity contribution in [3.05, 3.63) is 48.8 Å². The zero-order chi connectivity index (χ0) is 23.9. The van der Waals surface area contributed by atoms with Gasteiger partial charge in [0, 0.05) is 31.0 Å². The van der Waals surface area contributed by atoms with E-state index < -0.39 is 17.7 Å². The molecule has 4 heterocycles. The quantitative estimate of drug-likeness (QED) is 0.693. The molecule has 33 heavy (non-hydrogen) atoms. The third-order valence-corrected chi connectivity index (χ3v) is 4.97. The van der Waals surface area contributed by atoms with Crippen LogP contribution >= 0.6 is 0 Å². The van der Waals surface area contributed by atoms with Crippen LogP contribution in [0.2, 0.25) is 0 Å². The van der Waals surface area contributed by atoms with Crippen molar-refractivity contribution >= 4 is 17.6 Å². The van der Waals surface area contributed by atoms with Gasteiger partial charge in [-0.1, -0.05) is 0 Å². The Bertz CT molecular complexity index is 935. The molecule has 2 fully saturated rings. The summed E-state index contributed by atoms with van der Waals surface area (Å²) in [6, 6.07) is 3.48. The van der Waals surface area contributed by atoms with Crippen LogP contribution in [0.1, 0.15) is 10.4 Å². The first kappa shape index (κ1) is 24.3. The van der Waals surface area contributed by atoms with Crippen LogP contribution in [0.3, 0.4) is 0 Å². The van der Waals surface area contributed by atoms with Gasteiger partial charge in [-0.15, -0.1) is 0 Å². The predicted octanol–water partition coefficient (Wildman–Crippen LogP) is 1.25. The molecule has 1 spiro atoms. The zero-order valence-corrected chi connectivity index (χ0v) is 17.4. The van der Waals surface area contributed by atoms with Gasteiger partial charge >= 0.3 is 12.1 Å². The standard InChI is InChI=1S/C18H21N5O3.C2HF3O2/c24-17(15-1-3-19-4-2-15)23-6-8-26-18(12-23)11-22(5-7-25-13-18)16-9-20-14-21-10-16;3-2(4,5)1(6)7/h1-4,9-10,14H,5-8,11-13H2;(H,6,7). The Morgan fingerprint density at radius 1 is 1.03 bits per heavy atom. The van der Waals surface area contributed by atoms with Crippen molar-refractivity contribution < 1.29 is 37.3 Å².